The van der Waals surface area contributed by atoms with Crippen LogP contribution in [0.2, 0.25) is 0 Å². The van der Waals surface area contributed by atoms with E-state index in [2.05, 4.69) is 40.8 Å². The van der Waals surface area contributed by atoms with E-state index in [1.807, 2.05) is 6.21 Å². The monoisotopic (exact) mass is 240 g/mol. The van der Waals surface area contributed by atoms with E-state index in [1.165, 1.54) is 10.4 Å². The smallest absolute Gasteiger partial charge is 0.224 e. The predicted molar refractivity (Wildman–Crippen MR) is 69.1 cm³/mol. The summed E-state index contributed by atoms with van der Waals surface area (Å²) in [7, 11) is 0. The molecule has 0 aliphatic carbocycles. The first-order valence-corrected chi connectivity index (χ1v) is 5.80. The van der Waals surface area contributed by atoms with Crippen molar-refractivity contribution in [1.29, 1.82) is 0 Å². The molecule has 0 saturated carbocycles. The van der Waals surface area contributed by atoms with Gasteiger partial charge in [0.15, 0.2) is 0 Å². The number of aryl methyl sites for hydroxylation is 1. The van der Waals surface area contributed by atoms with Gasteiger partial charge in [0.25, 0.3) is 0 Å². The maximum atomic E-state index is 5.00. The molecule has 0 bridgehead atoms. The van der Waals surface area contributed by atoms with E-state index in [1.54, 1.807) is 17.4 Å². The second kappa shape index (κ2) is 6.31. The molecule has 0 fully saturated rings. The summed E-state index contributed by atoms with van der Waals surface area (Å²) in [5.41, 5.74) is 4.11. The second-order valence-corrected chi connectivity index (χ2v) is 4.24. The third-order valence-electron chi connectivity index (χ3n) is 1.70. The minimum absolute atomic E-state index is 0.556. The van der Waals surface area contributed by atoms with Gasteiger partial charge in [0.2, 0.25) is 11.3 Å². The lowest BCUT2D eigenvalue weighted by atomic mass is 10.3. The largest absolute Gasteiger partial charge is 0.355 e. The van der Waals surface area contributed by atoms with E-state index in [4.69, 9.17) is 12.2 Å². The van der Waals surface area contributed by atoms with Crippen LogP contribution in [0.15, 0.2) is 24.1 Å². The molecule has 1 rings (SSSR count). The Bertz CT molecular complexity index is 368. The molecular formula is C10H14N3S2+. The Hall–Kier alpha value is -1.20. The summed E-state index contributed by atoms with van der Waals surface area (Å²) in [5.74, 6) is 0. The quantitative estimate of drug-likeness (QED) is 0.303. The number of hydrazine groups is 1. The first kappa shape index (κ1) is 11.9. The highest BCUT2D eigenvalue weighted by Gasteiger charge is 1.99. The molecule has 3 N–H and O–H groups in total. The van der Waals surface area contributed by atoms with Crippen LogP contribution in [-0.4, -0.2) is 17.9 Å². The summed E-state index contributed by atoms with van der Waals surface area (Å²) in [6.45, 7) is 6.31. The molecule has 0 aliphatic heterocycles. The van der Waals surface area contributed by atoms with Crippen LogP contribution in [0.3, 0.4) is 0 Å². The minimum Gasteiger partial charge on any atom is -0.355 e. The lowest BCUT2D eigenvalue weighted by Crippen LogP contribution is -2.82. The van der Waals surface area contributed by atoms with Crippen LogP contribution < -0.4 is 15.8 Å². The third kappa shape index (κ3) is 4.22. The fourth-order valence-corrected chi connectivity index (χ4v) is 1.85. The van der Waals surface area contributed by atoms with Crippen LogP contribution in [0.25, 0.3) is 0 Å². The van der Waals surface area contributed by atoms with E-state index in [0.717, 1.165) is 0 Å². The maximum Gasteiger partial charge on any atom is 0.224 e. The van der Waals surface area contributed by atoms with Gasteiger partial charge in [-0.2, -0.15) is 0 Å². The molecule has 0 aromatic carbocycles. The Morgan fingerprint density at radius 1 is 1.73 bits per heavy atom. The van der Waals surface area contributed by atoms with Gasteiger partial charge in [-0.1, -0.05) is 6.08 Å². The normalized spacial score (nSPS) is 10.2. The molecule has 0 atom stereocenters. The average Bonchev–Trinajstić information content (AvgIpc) is 2.61. The number of thiophene rings is 1. The van der Waals surface area contributed by atoms with Gasteiger partial charge in [-0.3, -0.25) is 0 Å². The summed E-state index contributed by atoms with van der Waals surface area (Å²) in [4.78, 5) is 1.19. The molecule has 80 valence electrons. The zero-order valence-corrected chi connectivity index (χ0v) is 10.2. The summed E-state index contributed by atoms with van der Waals surface area (Å²) in [6.07, 6.45) is 3.64. The van der Waals surface area contributed by atoms with Crippen molar-refractivity contribution in [3.63, 3.8) is 0 Å². The van der Waals surface area contributed by atoms with Crippen LogP contribution in [0.5, 0.6) is 0 Å². The lowest BCUT2D eigenvalue weighted by molar-refractivity contribution is -0.500. The zero-order valence-electron chi connectivity index (χ0n) is 8.54. The molecule has 0 radical (unpaired) electrons. The van der Waals surface area contributed by atoms with Crippen molar-refractivity contribution < 1.29 is 5.10 Å². The maximum absolute atomic E-state index is 5.00. The van der Waals surface area contributed by atoms with E-state index >= 15 is 0 Å². The highest BCUT2D eigenvalue weighted by atomic mass is 32.1. The van der Waals surface area contributed by atoms with Gasteiger partial charge < -0.3 is 5.32 Å². The number of thiocarbonyl (C=S) groups is 1. The Labute approximate surface area is 98.9 Å². The van der Waals surface area contributed by atoms with Crippen LogP contribution >= 0.6 is 23.6 Å². The number of hydrogen-bond donors (Lipinski definition) is 3. The second-order valence-electron chi connectivity index (χ2n) is 2.88. The van der Waals surface area contributed by atoms with Gasteiger partial charge in [-0.05, 0) is 36.2 Å². The minimum atomic E-state index is 0.556. The SMILES string of the molecule is C=CCNC(=S)N[NH+]=Cc1sccc1C. The predicted octanol–water partition coefficient (Wildman–Crippen LogP) is 0.121. The summed E-state index contributed by atoms with van der Waals surface area (Å²) < 4.78 is 0. The van der Waals surface area contributed by atoms with Gasteiger partial charge in [0, 0.05) is 6.54 Å². The van der Waals surface area contributed by atoms with E-state index in [9.17, 15) is 0 Å². The molecule has 0 spiro atoms. The van der Waals surface area contributed by atoms with Gasteiger partial charge in [0.1, 0.15) is 0 Å². The van der Waals surface area contributed by atoms with Crippen molar-refractivity contribution in [2.75, 3.05) is 6.54 Å². The first-order chi connectivity index (χ1) is 7.24. The lowest BCUT2D eigenvalue weighted by Gasteiger charge is -1.98. The first-order valence-electron chi connectivity index (χ1n) is 4.51. The van der Waals surface area contributed by atoms with Crippen LogP contribution in [0.4, 0.5) is 0 Å². The Morgan fingerprint density at radius 3 is 3.13 bits per heavy atom. The van der Waals surface area contributed by atoms with Crippen molar-refractivity contribution in [3.05, 3.63) is 34.5 Å². The molecule has 0 aliphatic rings. The molecule has 1 aromatic heterocycles. The number of rotatable bonds is 4. The van der Waals surface area contributed by atoms with Crippen molar-refractivity contribution in [2.24, 2.45) is 0 Å². The highest BCUT2D eigenvalue weighted by Crippen LogP contribution is 2.10. The van der Waals surface area contributed by atoms with Gasteiger partial charge >= 0.3 is 0 Å². The molecule has 1 aromatic rings. The Balaban J connectivity index is 2.37. The average molecular weight is 240 g/mol. The molecule has 15 heavy (non-hydrogen) atoms. The molecule has 5 heteroatoms. The zero-order chi connectivity index (χ0) is 11.1. The third-order valence-corrected chi connectivity index (χ3v) is 2.91. The van der Waals surface area contributed by atoms with Crippen LogP contribution in [0, 0.1) is 6.92 Å². The summed E-state index contributed by atoms with van der Waals surface area (Å²) in [5, 5.41) is 8.49. The fraction of sp³-hybridized carbons (Fsp3) is 0.200. The van der Waals surface area contributed by atoms with E-state index in [0.29, 0.717) is 11.7 Å². The number of hydrazone groups is 1. The van der Waals surface area contributed by atoms with Gasteiger partial charge in [-0.25, -0.2) is 0 Å². The van der Waals surface area contributed by atoms with Crippen LogP contribution in [0.1, 0.15) is 10.4 Å². The number of nitrogens with one attached hydrogen (secondary N) is 3. The molecule has 3 nitrogen and oxygen atoms in total. The summed E-state index contributed by atoms with van der Waals surface area (Å²) in [6, 6.07) is 2.08. The van der Waals surface area contributed by atoms with E-state index < -0.39 is 0 Å². The molecule has 0 saturated heterocycles. The molecule has 0 unspecified atom stereocenters. The standard InChI is InChI=1S/C10H13N3S2/c1-3-5-11-10(14)13-12-7-9-8(2)4-6-15-9/h3-4,6-7H,1,5H2,2H3,(H2,11,13,14)/p+1. The molecule has 1 heterocycles. The Kier molecular flexibility index (Phi) is 5.00. The highest BCUT2D eigenvalue weighted by molar-refractivity contribution is 7.80. The van der Waals surface area contributed by atoms with Crippen molar-refractivity contribution >= 4 is 34.9 Å². The Morgan fingerprint density at radius 2 is 2.53 bits per heavy atom. The van der Waals surface area contributed by atoms with E-state index in [-0.39, 0.29) is 0 Å². The number of hydrogen-bond acceptors (Lipinski definition) is 2. The summed E-state index contributed by atoms with van der Waals surface area (Å²) >= 11 is 6.68. The van der Waals surface area contributed by atoms with Gasteiger partial charge in [-0.15, -0.1) is 28.4 Å². The fourth-order valence-electron chi connectivity index (χ4n) is 0.909. The van der Waals surface area contributed by atoms with Gasteiger partial charge in [0.05, 0.1) is 4.88 Å². The van der Waals surface area contributed by atoms with Crippen molar-refractivity contribution in [1.82, 2.24) is 10.7 Å². The topological polar surface area (TPSA) is 38.0 Å². The molecular weight excluding hydrogens is 226 g/mol. The van der Waals surface area contributed by atoms with Crippen molar-refractivity contribution in [2.45, 2.75) is 6.92 Å². The van der Waals surface area contributed by atoms with Crippen molar-refractivity contribution in [3.8, 4) is 0 Å². The van der Waals surface area contributed by atoms with Crippen LogP contribution in [-0.2, 0) is 0 Å². The molecule has 0 amide bonds.